The molecule has 74 valence electrons. The lowest BCUT2D eigenvalue weighted by Gasteiger charge is -2.04. The molecule has 0 radical (unpaired) electrons. The van der Waals surface area contributed by atoms with E-state index >= 15 is 0 Å². The van der Waals surface area contributed by atoms with Crippen molar-refractivity contribution in [3.05, 3.63) is 47.5 Å². The predicted molar refractivity (Wildman–Crippen MR) is 63.1 cm³/mol. The Kier molecular flexibility index (Phi) is 3.63. The second kappa shape index (κ2) is 4.75. The fourth-order valence-corrected chi connectivity index (χ4v) is 1.32. The van der Waals surface area contributed by atoms with Gasteiger partial charge in [0.25, 0.3) is 0 Å². The summed E-state index contributed by atoms with van der Waals surface area (Å²) in [6, 6.07) is 8.30. The summed E-state index contributed by atoms with van der Waals surface area (Å²) in [7, 11) is 0. The molecule has 0 aliphatic carbocycles. The Hall–Kier alpha value is -1.37. The van der Waals surface area contributed by atoms with Crippen LogP contribution in [0.4, 0.5) is 0 Å². The van der Waals surface area contributed by atoms with Crippen LogP contribution in [0.15, 0.2) is 41.4 Å². The van der Waals surface area contributed by atoms with Crippen molar-refractivity contribution in [1.82, 2.24) is 0 Å². The molecule has 0 bridgehead atoms. The second-order valence-electron chi connectivity index (χ2n) is 3.67. The Morgan fingerprint density at radius 3 is 2.50 bits per heavy atom. The monoisotopic (exact) mass is 187 g/mol. The lowest BCUT2D eigenvalue weighted by Crippen LogP contribution is -1.99. The summed E-state index contributed by atoms with van der Waals surface area (Å²) in [5.74, 6) is 0. The van der Waals surface area contributed by atoms with Gasteiger partial charge in [-0.2, -0.15) is 0 Å². The van der Waals surface area contributed by atoms with Crippen LogP contribution in [0.5, 0.6) is 0 Å². The van der Waals surface area contributed by atoms with Crippen LogP contribution in [0.1, 0.15) is 25.0 Å². The lowest BCUT2D eigenvalue weighted by molar-refractivity contribution is 1.14. The van der Waals surface area contributed by atoms with Crippen LogP contribution in [0.2, 0.25) is 0 Å². The van der Waals surface area contributed by atoms with Crippen molar-refractivity contribution in [3.63, 3.8) is 0 Å². The first-order valence-corrected chi connectivity index (χ1v) is 4.82. The molecular weight excluding hydrogens is 170 g/mol. The molecule has 14 heavy (non-hydrogen) atoms. The van der Waals surface area contributed by atoms with Crippen LogP contribution < -0.4 is 0 Å². The summed E-state index contributed by atoms with van der Waals surface area (Å²) in [6.07, 6.45) is 0. The van der Waals surface area contributed by atoms with Crippen LogP contribution in [-0.2, 0) is 0 Å². The molecule has 0 aliphatic heterocycles. The first-order chi connectivity index (χ1) is 6.61. The summed E-state index contributed by atoms with van der Waals surface area (Å²) in [5.41, 5.74) is 4.69. The number of hydrogen-bond donors (Lipinski definition) is 0. The fourth-order valence-electron chi connectivity index (χ4n) is 1.32. The zero-order valence-corrected chi connectivity index (χ0v) is 9.17. The molecule has 0 aliphatic rings. The standard InChI is InChI=1S/C13H17N/c1-10(2)9-14-12(4)13-8-6-5-7-11(13)3/h5-8H,1,9H2,2-4H3. The minimum absolute atomic E-state index is 0.722. The number of aliphatic imine (C=N–C) groups is 1. The molecule has 0 heterocycles. The lowest BCUT2D eigenvalue weighted by atomic mass is 10.1. The van der Waals surface area contributed by atoms with Crippen molar-refractivity contribution >= 4 is 5.71 Å². The van der Waals surface area contributed by atoms with Gasteiger partial charge in [-0.05, 0) is 31.9 Å². The Morgan fingerprint density at radius 1 is 1.29 bits per heavy atom. The van der Waals surface area contributed by atoms with E-state index in [1.165, 1.54) is 11.1 Å². The van der Waals surface area contributed by atoms with E-state index in [9.17, 15) is 0 Å². The fraction of sp³-hybridized carbons (Fsp3) is 0.308. The third kappa shape index (κ3) is 2.84. The number of aryl methyl sites for hydroxylation is 1. The van der Waals surface area contributed by atoms with Gasteiger partial charge in [0.1, 0.15) is 0 Å². The van der Waals surface area contributed by atoms with Gasteiger partial charge in [0.05, 0.1) is 6.54 Å². The molecule has 1 aromatic carbocycles. The second-order valence-corrected chi connectivity index (χ2v) is 3.67. The highest BCUT2D eigenvalue weighted by Crippen LogP contribution is 2.08. The molecule has 1 rings (SSSR count). The predicted octanol–water partition coefficient (Wildman–Crippen LogP) is 3.38. The highest BCUT2D eigenvalue weighted by molar-refractivity contribution is 5.99. The first-order valence-electron chi connectivity index (χ1n) is 4.82. The van der Waals surface area contributed by atoms with E-state index < -0.39 is 0 Å². The van der Waals surface area contributed by atoms with Crippen molar-refractivity contribution in [2.75, 3.05) is 6.54 Å². The zero-order chi connectivity index (χ0) is 10.6. The molecule has 0 saturated carbocycles. The van der Waals surface area contributed by atoms with Crippen molar-refractivity contribution in [2.24, 2.45) is 4.99 Å². The summed E-state index contributed by atoms with van der Waals surface area (Å²) in [4.78, 5) is 4.47. The van der Waals surface area contributed by atoms with Gasteiger partial charge in [-0.25, -0.2) is 0 Å². The molecule has 0 fully saturated rings. The minimum atomic E-state index is 0.722. The van der Waals surface area contributed by atoms with Gasteiger partial charge in [0, 0.05) is 5.71 Å². The van der Waals surface area contributed by atoms with Crippen LogP contribution in [-0.4, -0.2) is 12.3 Å². The van der Waals surface area contributed by atoms with Gasteiger partial charge in [0.15, 0.2) is 0 Å². The van der Waals surface area contributed by atoms with Crippen molar-refractivity contribution in [2.45, 2.75) is 20.8 Å². The largest absolute Gasteiger partial charge is 0.285 e. The molecule has 1 aromatic rings. The van der Waals surface area contributed by atoms with E-state index in [0.717, 1.165) is 17.8 Å². The Morgan fingerprint density at radius 2 is 1.93 bits per heavy atom. The van der Waals surface area contributed by atoms with E-state index in [-0.39, 0.29) is 0 Å². The first kappa shape index (κ1) is 10.7. The third-order valence-electron chi connectivity index (χ3n) is 2.12. The van der Waals surface area contributed by atoms with Gasteiger partial charge in [-0.3, -0.25) is 4.99 Å². The molecule has 1 nitrogen and oxygen atoms in total. The highest BCUT2D eigenvalue weighted by atomic mass is 14.7. The molecule has 1 heteroatoms. The van der Waals surface area contributed by atoms with Gasteiger partial charge < -0.3 is 0 Å². The molecule has 0 unspecified atom stereocenters. The normalized spacial score (nSPS) is 11.5. The average molecular weight is 187 g/mol. The summed E-state index contributed by atoms with van der Waals surface area (Å²) >= 11 is 0. The van der Waals surface area contributed by atoms with Crippen molar-refractivity contribution in [1.29, 1.82) is 0 Å². The molecule has 0 amide bonds. The maximum atomic E-state index is 4.47. The van der Waals surface area contributed by atoms with Gasteiger partial charge in [0.2, 0.25) is 0 Å². The maximum Gasteiger partial charge on any atom is 0.0597 e. The number of hydrogen-bond acceptors (Lipinski definition) is 1. The number of nitrogens with zero attached hydrogens (tertiary/aromatic N) is 1. The van der Waals surface area contributed by atoms with Gasteiger partial charge in [-0.15, -0.1) is 0 Å². The Bertz CT molecular complexity index is 361. The third-order valence-corrected chi connectivity index (χ3v) is 2.12. The molecule has 0 spiro atoms. The van der Waals surface area contributed by atoms with E-state index in [2.05, 4.69) is 30.6 Å². The average Bonchev–Trinajstić information content (AvgIpc) is 2.15. The van der Waals surface area contributed by atoms with Gasteiger partial charge >= 0.3 is 0 Å². The van der Waals surface area contributed by atoms with Crippen LogP contribution in [0, 0.1) is 6.92 Å². The molecule has 0 saturated heterocycles. The van der Waals surface area contributed by atoms with Crippen LogP contribution in [0.25, 0.3) is 0 Å². The zero-order valence-electron chi connectivity index (χ0n) is 9.17. The van der Waals surface area contributed by atoms with Crippen LogP contribution in [0.3, 0.4) is 0 Å². The molecule has 0 aromatic heterocycles. The summed E-state index contributed by atoms with van der Waals surface area (Å²) in [6.45, 7) is 10.7. The smallest absolute Gasteiger partial charge is 0.0597 e. The van der Waals surface area contributed by atoms with E-state index in [1.54, 1.807) is 0 Å². The maximum absolute atomic E-state index is 4.47. The van der Waals surface area contributed by atoms with E-state index in [4.69, 9.17) is 0 Å². The van der Waals surface area contributed by atoms with E-state index in [1.807, 2.05) is 26.0 Å². The molecular formula is C13H17N. The van der Waals surface area contributed by atoms with E-state index in [0.29, 0.717) is 0 Å². The topological polar surface area (TPSA) is 12.4 Å². The Balaban J connectivity index is 2.89. The number of benzene rings is 1. The van der Waals surface area contributed by atoms with Crippen molar-refractivity contribution in [3.8, 4) is 0 Å². The SMILES string of the molecule is C=C(C)CN=C(C)c1ccccc1C. The summed E-state index contributed by atoms with van der Waals surface area (Å²) < 4.78 is 0. The Labute approximate surface area is 86.2 Å². The summed E-state index contributed by atoms with van der Waals surface area (Å²) in [5, 5.41) is 0. The highest BCUT2D eigenvalue weighted by Gasteiger charge is 1.99. The van der Waals surface area contributed by atoms with Crippen molar-refractivity contribution < 1.29 is 0 Å². The quantitative estimate of drug-likeness (QED) is 0.508. The number of rotatable bonds is 3. The minimum Gasteiger partial charge on any atom is -0.285 e. The van der Waals surface area contributed by atoms with Crippen LogP contribution >= 0.6 is 0 Å². The van der Waals surface area contributed by atoms with Gasteiger partial charge in [-0.1, -0.05) is 36.4 Å². The molecule has 0 atom stereocenters. The molecule has 0 N–H and O–H groups in total.